The summed E-state index contributed by atoms with van der Waals surface area (Å²) in [7, 11) is 0. The average molecular weight is 506 g/mol. The summed E-state index contributed by atoms with van der Waals surface area (Å²) in [4.78, 5) is 34.0. The number of rotatable bonds is 3. The molecule has 0 radical (unpaired) electrons. The first-order valence-electron chi connectivity index (χ1n) is 11.6. The third kappa shape index (κ3) is 4.58. The molecule has 0 aliphatic carbocycles. The Balaban J connectivity index is 1.75. The van der Waals surface area contributed by atoms with Crippen LogP contribution in [0.3, 0.4) is 0 Å². The van der Waals surface area contributed by atoms with Gasteiger partial charge in [0, 0.05) is 46.8 Å². The van der Waals surface area contributed by atoms with Crippen LogP contribution in [0.15, 0.2) is 65.6 Å². The van der Waals surface area contributed by atoms with Gasteiger partial charge in [0.25, 0.3) is 11.5 Å². The second kappa shape index (κ2) is 9.48. The number of carbonyl (C=O) groups excluding carboxylic acids is 1. The topological polar surface area (TPSA) is 55.2 Å². The van der Waals surface area contributed by atoms with Gasteiger partial charge in [0.2, 0.25) is 0 Å². The zero-order chi connectivity index (χ0) is 24.7. The van der Waals surface area contributed by atoms with Crippen LogP contribution in [-0.4, -0.2) is 26.9 Å². The van der Waals surface area contributed by atoms with Crippen molar-refractivity contribution >= 4 is 40.0 Å². The van der Waals surface area contributed by atoms with Crippen LogP contribution in [0, 0.1) is 12.8 Å². The predicted octanol–water partition coefficient (Wildman–Crippen LogP) is 6.36. The van der Waals surface area contributed by atoms with Crippen molar-refractivity contribution in [3.05, 3.63) is 98.0 Å². The summed E-state index contributed by atoms with van der Waals surface area (Å²) in [5, 5.41) is 1.73. The molecule has 1 unspecified atom stereocenters. The van der Waals surface area contributed by atoms with E-state index in [1.807, 2.05) is 49.4 Å². The van der Waals surface area contributed by atoms with E-state index in [2.05, 4.69) is 11.9 Å². The summed E-state index contributed by atoms with van der Waals surface area (Å²) in [5.41, 5.74) is 4.12. The third-order valence-corrected chi connectivity index (χ3v) is 6.97. The van der Waals surface area contributed by atoms with Crippen molar-refractivity contribution in [2.75, 3.05) is 6.54 Å². The third-order valence-electron chi connectivity index (χ3n) is 6.53. The van der Waals surface area contributed by atoms with E-state index in [-0.39, 0.29) is 17.4 Å². The second-order valence-corrected chi connectivity index (χ2v) is 10.2. The van der Waals surface area contributed by atoms with E-state index in [9.17, 15) is 9.59 Å². The summed E-state index contributed by atoms with van der Waals surface area (Å²) in [6.07, 6.45) is 2.39. The van der Waals surface area contributed by atoms with Gasteiger partial charge in [0.15, 0.2) is 0 Å². The normalized spacial score (nSPS) is 16.2. The number of amides is 1. The molecule has 1 aliphatic rings. The number of pyridine rings is 2. The van der Waals surface area contributed by atoms with Gasteiger partial charge in [-0.25, -0.2) is 0 Å². The van der Waals surface area contributed by atoms with Gasteiger partial charge in [0.05, 0.1) is 0 Å². The fourth-order valence-corrected chi connectivity index (χ4v) is 5.40. The van der Waals surface area contributed by atoms with Crippen LogP contribution in [0.1, 0.15) is 35.0 Å². The molecule has 0 N–H and O–H groups in total. The number of benzene rings is 2. The van der Waals surface area contributed by atoms with Gasteiger partial charge in [-0.3, -0.25) is 14.6 Å². The molecule has 5 rings (SSSR count). The number of halogens is 2. The van der Waals surface area contributed by atoms with Crippen molar-refractivity contribution in [1.82, 2.24) is 14.5 Å². The quantitative estimate of drug-likeness (QED) is 0.325. The predicted molar refractivity (Wildman–Crippen MR) is 141 cm³/mol. The van der Waals surface area contributed by atoms with Crippen LogP contribution < -0.4 is 5.56 Å². The lowest BCUT2D eigenvalue weighted by atomic mass is 9.95. The molecule has 0 saturated heterocycles. The largest absolute Gasteiger partial charge is 0.333 e. The molecule has 0 spiro atoms. The van der Waals surface area contributed by atoms with E-state index >= 15 is 0 Å². The van der Waals surface area contributed by atoms with E-state index in [4.69, 9.17) is 23.2 Å². The molecule has 2 aromatic heterocycles. The van der Waals surface area contributed by atoms with Gasteiger partial charge in [-0.2, -0.15) is 0 Å². The molecule has 2 aromatic carbocycles. The van der Waals surface area contributed by atoms with Gasteiger partial charge >= 0.3 is 0 Å². The lowest BCUT2D eigenvalue weighted by Crippen LogP contribution is -2.41. The molecule has 0 fully saturated rings. The van der Waals surface area contributed by atoms with E-state index < -0.39 is 0 Å². The molecule has 0 bridgehead atoms. The summed E-state index contributed by atoms with van der Waals surface area (Å²) < 4.78 is 1.63. The standard InChI is InChI=1S/C28H25Cl2N3O2/c1-17-5-7-20(8-6-17)24-23-4-3-10-31-25(23)27(34)33-11-9-18(2)15-32(28(35)26(24)33)16-19-12-21(29)14-22(30)13-19/h3-8,10,12-14,18H,9,11,15-16H2,1-2H3. The number of aryl methyl sites for hydroxylation is 1. The monoisotopic (exact) mass is 505 g/mol. The summed E-state index contributed by atoms with van der Waals surface area (Å²) in [6, 6.07) is 17.0. The maximum atomic E-state index is 14.2. The molecule has 5 nitrogen and oxygen atoms in total. The smallest absolute Gasteiger partial charge is 0.277 e. The van der Waals surface area contributed by atoms with E-state index in [1.54, 1.807) is 27.8 Å². The SMILES string of the molecule is Cc1ccc(-c2c3n(c(=O)c4ncccc24)CCC(C)CN(Cc2cc(Cl)cc(Cl)c2)C3=O)cc1. The average Bonchev–Trinajstić information content (AvgIpc) is 2.82. The maximum Gasteiger partial charge on any atom is 0.277 e. The van der Waals surface area contributed by atoms with Gasteiger partial charge in [-0.05, 0) is 54.7 Å². The molecule has 3 heterocycles. The van der Waals surface area contributed by atoms with Gasteiger partial charge < -0.3 is 9.47 Å². The minimum Gasteiger partial charge on any atom is -0.333 e. The lowest BCUT2D eigenvalue weighted by Gasteiger charge is -2.32. The molecule has 1 atom stereocenters. The summed E-state index contributed by atoms with van der Waals surface area (Å²) in [5.74, 6) is 0.0157. The minimum absolute atomic E-state index is 0.189. The Morgan fingerprint density at radius 3 is 2.46 bits per heavy atom. The molecule has 0 saturated carbocycles. The van der Waals surface area contributed by atoms with E-state index in [0.717, 1.165) is 28.7 Å². The van der Waals surface area contributed by atoms with Crippen molar-refractivity contribution in [2.45, 2.75) is 33.4 Å². The molecule has 1 amide bonds. The highest BCUT2D eigenvalue weighted by molar-refractivity contribution is 6.34. The highest BCUT2D eigenvalue weighted by atomic mass is 35.5. The molecule has 7 heteroatoms. The van der Waals surface area contributed by atoms with Crippen LogP contribution in [0.4, 0.5) is 0 Å². The number of nitrogens with zero attached hydrogens (tertiary/aromatic N) is 3. The van der Waals surface area contributed by atoms with Crippen LogP contribution in [0.2, 0.25) is 10.0 Å². The Bertz CT molecular complexity index is 1470. The van der Waals surface area contributed by atoms with Crippen LogP contribution >= 0.6 is 23.2 Å². The lowest BCUT2D eigenvalue weighted by molar-refractivity contribution is 0.0687. The minimum atomic E-state index is -0.236. The first kappa shape index (κ1) is 23.6. The molecular formula is C28H25Cl2N3O2. The maximum absolute atomic E-state index is 14.2. The molecule has 178 valence electrons. The molecule has 4 aromatic rings. The van der Waals surface area contributed by atoms with Gasteiger partial charge in [-0.15, -0.1) is 0 Å². The molecule has 1 aliphatic heterocycles. The second-order valence-electron chi connectivity index (χ2n) is 9.30. The Morgan fingerprint density at radius 2 is 1.74 bits per heavy atom. The highest BCUT2D eigenvalue weighted by Crippen LogP contribution is 2.33. The Labute approximate surface area is 213 Å². The van der Waals surface area contributed by atoms with Crippen molar-refractivity contribution in [1.29, 1.82) is 0 Å². The Hall–Kier alpha value is -3.15. The molecule has 35 heavy (non-hydrogen) atoms. The fourth-order valence-electron chi connectivity index (χ4n) is 4.83. The van der Waals surface area contributed by atoms with Crippen LogP contribution in [0.25, 0.3) is 22.0 Å². The molecular weight excluding hydrogens is 481 g/mol. The number of hydrogen-bond donors (Lipinski definition) is 0. The number of aromatic nitrogens is 2. The van der Waals surface area contributed by atoms with Crippen LogP contribution in [0.5, 0.6) is 0 Å². The van der Waals surface area contributed by atoms with Gasteiger partial charge in [-0.1, -0.05) is 66.0 Å². The first-order chi connectivity index (χ1) is 16.8. The van der Waals surface area contributed by atoms with Crippen molar-refractivity contribution in [3.63, 3.8) is 0 Å². The van der Waals surface area contributed by atoms with Crippen molar-refractivity contribution in [3.8, 4) is 11.1 Å². The number of fused-ring (bicyclic) bond motifs is 2. The Morgan fingerprint density at radius 1 is 1.03 bits per heavy atom. The number of hydrogen-bond acceptors (Lipinski definition) is 3. The summed E-state index contributed by atoms with van der Waals surface area (Å²) >= 11 is 12.5. The highest BCUT2D eigenvalue weighted by Gasteiger charge is 2.30. The summed E-state index contributed by atoms with van der Waals surface area (Å²) in [6.45, 7) is 5.49. The zero-order valence-electron chi connectivity index (χ0n) is 19.6. The van der Waals surface area contributed by atoms with Crippen LogP contribution in [-0.2, 0) is 13.1 Å². The first-order valence-corrected chi connectivity index (χ1v) is 12.4. The van der Waals surface area contributed by atoms with E-state index in [1.165, 1.54) is 0 Å². The Kier molecular flexibility index (Phi) is 6.39. The van der Waals surface area contributed by atoms with E-state index in [0.29, 0.717) is 46.3 Å². The zero-order valence-corrected chi connectivity index (χ0v) is 21.1. The van der Waals surface area contributed by atoms with Crippen molar-refractivity contribution in [2.24, 2.45) is 5.92 Å². The van der Waals surface area contributed by atoms with Gasteiger partial charge in [0.1, 0.15) is 11.2 Å². The number of carbonyl (C=O) groups is 1. The van der Waals surface area contributed by atoms with Crippen molar-refractivity contribution < 1.29 is 4.79 Å². The fraction of sp³-hybridized carbons (Fsp3) is 0.250.